The Kier molecular flexibility index (Phi) is 3.85. The van der Waals surface area contributed by atoms with E-state index in [9.17, 15) is 0 Å². The topological polar surface area (TPSA) is 21.3 Å². The van der Waals surface area contributed by atoms with Crippen molar-refractivity contribution < 1.29 is 4.74 Å². The molecule has 0 aromatic heterocycles. The predicted molar refractivity (Wildman–Crippen MR) is 71.2 cm³/mol. The quantitative estimate of drug-likeness (QED) is 0.848. The van der Waals surface area contributed by atoms with Gasteiger partial charge >= 0.3 is 0 Å². The van der Waals surface area contributed by atoms with E-state index in [-0.39, 0.29) is 6.10 Å². The molecule has 2 nitrogen and oxygen atoms in total. The molecule has 0 aliphatic carbocycles. The molecule has 0 bridgehead atoms. The van der Waals surface area contributed by atoms with Gasteiger partial charge in [0.1, 0.15) is 0 Å². The monoisotopic (exact) mass is 233 g/mol. The molecule has 1 aromatic rings. The molecule has 0 saturated carbocycles. The molecule has 1 N–H and O–H groups in total. The van der Waals surface area contributed by atoms with Crippen LogP contribution in [0.3, 0.4) is 0 Å². The summed E-state index contributed by atoms with van der Waals surface area (Å²) in [5.41, 5.74) is 3.97. The van der Waals surface area contributed by atoms with Gasteiger partial charge in [-0.15, -0.1) is 0 Å². The third kappa shape index (κ3) is 2.88. The van der Waals surface area contributed by atoms with Crippen molar-refractivity contribution in [2.75, 3.05) is 13.1 Å². The van der Waals surface area contributed by atoms with Crippen LogP contribution in [0, 0.1) is 19.8 Å². The zero-order valence-electron chi connectivity index (χ0n) is 11.3. The van der Waals surface area contributed by atoms with E-state index in [1.165, 1.54) is 16.7 Å². The van der Waals surface area contributed by atoms with Gasteiger partial charge in [-0.3, -0.25) is 0 Å². The Balaban J connectivity index is 2.18. The van der Waals surface area contributed by atoms with E-state index in [1.54, 1.807) is 0 Å². The number of hydrogen-bond donors (Lipinski definition) is 1. The number of morpholine rings is 1. The molecule has 2 heteroatoms. The predicted octanol–water partition coefficient (Wildman–Crippen LogP) is 2.99. The molecule has 0 spiro atoms. The molecule has 1 aromatic carbocycles. The van der Waals surface area contributed by atoms with Crippen molar-refractivity contribution in [3.05, 3.63) is 34.9 Å². The zero-order valence-corrected chi connectivity index (χ0v) is 11.3. The van der Waals surface area contributed by atoms with Crippen LogP contribution in [0.2, 0.25) is 0 Å². The van der Waals surface area contributed by atoms with Crippen LogP contribution in [0.1, 0.15) is 36.6 Å². The number of rotatable bonds is 2. The average Bonchev–Trinajstić information content (AvgIpc) is 2.32. The maximum atomic E-state index is 6.21. The molecule has 94 valence electrons. The van der Waals surface area contributed by atoms with E-state index in [2.05, 4.69) is 51.2 Å². The first-order valence-electron chi connectivity index (χ1n) is 6.51. The average molecular weight is 233 g/mol. The third-order valence-electron chi connectivity index (χ3n) is 3.54. The van der Waals surface area contributed by atoms with Crippen LogP contribution < -0.4 is 5.32 Å². The molecule has 1 aliphatic rings. The van der Waals surface area contributed by atoms with Gasteiger partial charge in [-0.25, -0.2) is 0 Å². The lowest BCUT2D eigenvalue weighted by Gasteiger charge is -2.34. The molecule has 2 atom stereocenters. The first kappa shape index (κ1) is 12.6. The minimum absolute atomic E-state index is 0.205. The Labute approximate surface area is 104 Å². The van der Waals surface area contributed by atoms with Gasteiger partial charge in [0.25, 0.3) is 0 Å². The summed E-state index contributed by atoms with van der Waals surface area (Å²) in [4.78, 5) is 0. The van der Waals surface area contributed by atoms with Crippen LogP contribution in [0.15, 0.2) is 18.2 Å². The Morgan fingerprint density at radius 3 is 2.71 bits per heavy atom. The SMILES string of the molecule is Cc1ccc(C)c(C2CNCC(C(C)C)O2)c1. The minimum Gasteiger partial charge on any atom is -0.367 e. The maximum Gasteiger partial charge on any atom is 0.0956 e. The smallest absolute Gasteiger partial charge is 0.0956 e. The second kappa shape index (κ2) is 5.19. The van der Waals surface area contributed by atoms with Crippen molar-refractivity contribution in [1.29, 1.82) is 0 Å². The van der Waals surface area contributed by atoms with Crippen LogP contribution in [-0.2, 0) is 4.74 Å². The van der Waals surface area contributed by atoms with Crippen LogP contribution in [0.5, 0.6) is 0 Å². The summed E-state index contributed by atoms with van der Waals surface area (Å²) >= 11 is 0. The molecular weight excluding hydrogens is 210 g/mol. The van der Waals surface area contributed by atoms with Crippen LogP contribution >= 0.6 is 0 Å². The van der Waals surface area contributed by atoms with Crippen molar-refractivity contribution in [2.24, 2.45) is 5.92 Å². The van der Waals surface area contributed by atoms with Gasteiger partial charge in [0.15, 0.2) is 0 Å². The lowest BCUT2D eigenvalue weighted by Crippen LogP contribution is -2.43. The first-order valence-corrected chi connectivity index (χ1v) is 6.51. The zero-order chi connectivity index (χ0) is 12.4. The van der Waals surface area contributed by atoms with Crippen molar-refractivity contribution in [3.8, 4) is 0 Å². The summed E-state index contributed by atoms with van der Waals surface area (Å²) in [5, 5.41) is 3.49. The van der Waals surface area contributed by atoms with E-state index in [4.69, 9.17) is 4.74 Å². The largest absolute Gasteiger partial charge is 0.367 e. The molecule has 2 rings (SSSR count). The minimum atomic E-state index is 0.205. The van der Waals surface area contributed by atoms with Gasteiger partial charge in [0.2, 0.25) is 0 Å². The summed E-state index contributed by atoms with van der Waals surface area (Å²) in [6, 6.07) is 6.60. The summed E-state index contributed by atoms with van der Waals surface area (Å²) in [6.07, 6.45) is 0.532. The molecule has 1 heterocycles. The number of hydrogen-bond acceptors (Lipinski definition) is 2. The van der Waals surface area contributed by atoms with Gasteiger partial charge in [-0.2, -0.15) is 0 Å². The molecular formula is C15H23NO. The molecule has 1 saturated heterocycles. The first-order chi connectivity index (χ1) is 8.08. The molecule has 1 aliphatic heterocycles. The van der Waals surface area contributed by atoms with Crippen LogP contribution in [0.4, 0.5) is 0 Å². The highest BCUT2D eigenvalue weighted by Gasteiger charge is 2.26. The molecule has 0 radical (unpaired) electrons. The number of aryl methyl sites for hydroxylation is 2. The highest BCUT2D eigenvalue weighted by atomic mass is 16.5. The standard InChI is InChI=1S/C15H23NO/c1-10(2)14-8-16-9-15(17-14)13-7-11(3)5-6-12(13)4/h5-7,10,14-16H,8-9H2,1-4H3. The summed E-state index contributed by atoms with van der Waals surface area (Å²) in [6.45, 7) is 10.6. The van der Waals surface area contributed by atoms with Gasteiger partial charge in [0.05, 0.1) is 12.2 Å². The Morgan fingerprint density at radius 1 is 1.24 bits per heavy atom. The lowest BCUT2D eigenvalue weighted by molar-refractivity contribution is -0.0606. The second-order valence-electron chi connectivity index (χ2n) is 5.43. The van der Waals surface area contributed by atoms with E-state index < -0.39 is 0 Å². The number of ether oxygens (including phenoxy) is 1. The fourth-order valence-electron chi connectivity index (χ4n) is 2.35. The summed E-state index contributed by atoms with van der Waals surface area (Å²) < 4.78 is 6.21. The highest BCUT2D eigenvalue weighted by Crippen LogP contribution is 2.27. The maximum absolute atomic E-state index is 6.21. The van der Waals surface area contributed by atoms with E-state index in [0.717, 1.165) is 13.1 Å². The number of benzene rings is 1. The number of nitrogens with one attached hydrogen (secondary N) is 1. The van der Waals surface area contributed by atoms with Gasteiger partial charge in [-0.1, -0.05) is 37.6 Å². The Bertz CT molecular complexity index is 387. The van der Waals surface area contributed by atoms with Gasteiger partial charge in [-0.05, 0) is 30.9 Å². The Morgan fingerprint density at radius 2 is 2.00 bits per heavy atom. The van der Waals surface area contributed by atoms with Crippen LogP contribution in [-0.4, -0.2) is 19.2 Å². The lowest BCUT2D eigenvalue weighted by atomic mass is 9.98. The molecule has 1 fully saturated rings. The molecule has 0 amide bonds. The third-order valence-corrected chi connectivity index (χ3v) is 3.54. The fourth-order valence-corrected chi connectivity index (χ4v) is 2.35. The van der Waals surface area contributed by atoms with E-state index >= 15 is 0 Å². The van der Waals surface area contributed by atoms with Crippen LogP contribution in [0.25, 0.3) is 0 Å². The molecule has 2 unspecified atom stereocenters. The molecule has 17 heavy (non-hydrogen) atoms. The van der Waals surface area contributed by atoms with E-state index in [0.29, 0.717) is 12.0 Å². The van der Waals surface area contributed by atoms with E-state index in [1.807, 2.05) is 0 Å². The summed E-state index contributed by atoms with van der Waals surface area (Å²) in [5.74, 6) is 0.565. The van der Waals surface area contributed by atoms with Crippen molar-refractivity contribution in [3.63, 3.8) is 0 Å². The van der Waals surface area contributed by atoms with Crippen molar-refractivity contribution in [1.82, 2.24) is 5.32 Å². The van der Waals surface area contributed by atoms with Crippen molar-refractivity contribution in [2.45, 2.75) is 39.9 Å². The normalized spacial score (nSPS) is 25.2. The Hall–Kier alpha value is -0.860. The van der Waals surface area contributed by atoms with Gasteiger partial charge in [0, 0.05) is 13.1 Å². The van der Waals surface area contributed by atoms with Gasteiger partial charge < -0.3 is 10.1 Å². The summed E-state index contributed by atoms with van der Waals surface area (Å²) in [7, 11) is 0. The second-order valence-corrected chi connectivity index (χ2v) is 5.43. The van der Waals surface area contributed by atoms with Crippen molar-refractivity contribution >= 4 is 0 Å². The fraction of sp³-hybridized carbons (Fsp3) is 0.600. The highest BCUT2D eigenvalue weighted by molar-refractivity contribution is 5.32.